The Morgan fingerprint density at radius 3 is 2.25 bits per heavy atom. The second-order valence-electron chi connectivity index (χ2n) is 4.03. The molecule has 0 unspecified atom stereocenters. The third-order valence-corrected chi connectivity index (χ3v) is 4.12. The van der Waals surface area contributed by atoms with Gasteiger partial charge >= 0.3 is 5.97 Å². The Balaban J connectivity index is 2.40. The van der Waals surface area contributed by atoms with E-state index < -0.39 is 15.0 Å². The first-order valence-corrected chi connectivity index (χ1v) is 7.96. The van der Waals surface area contributed by atoms with E-state index in [0.717, 1.165) is 11.1 Å². The Hall–Kier alpha value is -1.85. The van der Waals surface area contributed by atoms with Crippen molar-refractivity contribution in [3.63, 3.8) is 0 Å². The molecule has 0 N–H and O–H groups in total. The predicted octanol–water partition coefficient (Wildman–Crippen LogP) is 3.07. The zero-order valence-electron chi connectivity index (χ0n) is 10.5. The molecule has 0 heterocycles. The maximum absolute atomic E-state index is 11.5. The maximum Gasteiger partial charge on any atom is 0.337 e. The van der Waals surface area contributed by atoms with Gasteiger partial charge in [-0.15, -0.1) is 0 Å². The summed E-state index contributed by atoms with van der Waals surface area (Å²) in [5.41, 5.74) is 1.99. The van der Waals surface area contributed by atoms with E-state index in [-0.39, 0.29) is 4.90 Å². The van der Waals surface area contributed by atoms with Crippen LogP contribution in [0.3, 0.4) is 0 Å². The van der Waals surface area contributed by atoms with Crippen LogP contribution in [0, 0.1) is 0 Å². The highest BCUT2D eigenvalue weighted by Crippen LogP contribution is 2.23. The summed E-state index contributed by atoms with van der Waals surface area (Å²) in [5.74, 6) is -0.424. The van der Waals surface area contributed by atoms with Crippen molar-refractivity contribution in [2.45, 2.75) is 4.90 Å². The van der Waals surface area contributed by atoms with E-state index in [1.807, 2.05) is 6.07 Å². The molecule has 2 aromatic rings. The lowest BCUT2D eigenvalue weighted by Crippen LogP contribution is -2.00. The number of carbonyl (C=O) groups excluding carboxylic acids is 1. The fourth-order valence-corrected chi connectivity index (χ4v) is 2.52. The smallest absolute Gasteiger partial charge is 0.337 e. The SMILES string of the molecule is COC(=O)c1cccc(-c2ccc(S(=O)(=O)Cl)cc2)c1. The van der Waals surface area contributed by atoms with Gasteiger partial charge in [-0.1, -0.05) is 24.3 Å². The van der Waals surface area contributed by atoms with Crippen molar-refractivity contribution in [1.29, 1.82) is 0 Å². The van der Waals surface area contributed by atoms with Gasteiger partial charge in [-0.05, 0) is 35.4 Å². The van der Waals surface area contributed by atoms with Crippen LogP contribution in [-0.4, -0.2) is 21.5 Å². The molecular formula is C14H11ClO4S. The van der Waals surface area contributed by atoms with Crippen molar-refractivity contribution in [2.75, 3.05) is 7.11 Å². The Kier molecular flexibility index (Phi) is 4.11. The predicted molar refractivity (Wildman–Crippen MR) is 76.3 cm³/mol. The van der Waals surface area contributed by atoms with Crippen LogP contribution in [0.15, 0.2) is 53.4 Å². The Bertz CT molecular complexity index is 736. The summed E-state index contributed by atoms with van der Waals surface area (Å²) in [6.45, 7) is 0. The fraction of sp³-hybridized carbons (Fsp3) is 0.0714. The minimum Gasteiger partial charge on any atom is -0.465 e. The van der Waals surface area contributed by atoms with Crippen LogP contribution in [0.4, 0.5) is 0 Å². The van der Waals surface area contributed by atoms with Crippen molar-refractivity contribution >= 4 is 25.7 Å². The van der Waals surface area contributed by atoms with E-state index in [1.165, 1.54) is 19.2 Å². The molecule has 0 radical (unpaired) electrons. The summed E-state index contributed by atoms with van der Waals surface area (Å²) in [7, 11) is 2.84. The van der Waals surface area contributed by atoms with Crippen LogP contribution in [0.5, 0.6) is 0 Å². The van der Waals surface area contributed by atoms with E-state index in [4.69, 9.17) is 10.7 Å². The highest BCUT2D eigenvalue weighted by molar-refractivity contribution is 8.13. The number of halogens is 1. The van der Waals surface area contributed by atoms with Crippen LogP contribution >= 0.6 is 10.7 Å². The number of ether oxygens (including phenoxy) is 1. The molecule has 4 nitrogen and oxygen atoms in total. The second-order valence-corrected chi connectivity index (χ2v) is 6.60. The zero-order valence-corrected chi connectivity index (χ0v) is 12.1. The van der Waals surface area contributed by atoms with Crippen LogP contribution in [0.25, 0.3) is 11.1 Å². The number of benzene rings is 2. The normalized spacial score (nSPS) is 11.1. The van der Waals surface area contributed by atoms with E-state index in [1.54, 1.807) is 30.3 Å². The monoisotopic (exact) mass is 310 g/mol. The average molecular weight is 311 g/mol. The highest BCUT2D eigenvalue weighted by atomic mass is 35.7. The largest absolute Gasteiger partial charge is 0.465 e. The topological polar surface area (TPSA) is 60.4 Å². The van der Waals surface area contributed by atoms with E-state index in [2.05, 4.69) is 4.74 Å². The molecule has 0 fully saturated rings. The lowest BCUT2D eigenvalue weighted by molar-refractivity contribution is 0.0601. The summed E-state index contributed by atoms with van der Waals surface area (Å²) >= 11 is 0. The van der Waals surface area contributed by atoms with Crippen molar-refractivity contribution in [3.05, 3.63) is 54.1 Å². The third kappa shape index (κ3) is 3.18. The zero-order chi connectivity index (χ0) is 14.8. The Morgan fingerprint density at radius 1 is 1.05 bits per heavy atom. The summed E-state index contributed by atoms with van der Waals surface area (Å²) in [4.78, 5) is 11.5. The number of hydrogen-bond acceptors (Lipinski definition) is 4. The van der Waals surface area contributed by atoms with Gasteiger partial charge < -0.3 is 4.74 Å². The molecular weight excluding hydrogens is 300 g/mol. The molecule has 0 amide bonds. The molecule has 0 bridgehead atoms. The molecule has 0 atom stereocenters. The molecule has 0 aromatic heterocycles. The maximum atomic E-state index is 11.5. The first kappa shape index (κ1) is 14.6. The van der Waals surface area contributed by atoms with Gasteiger partial charge in [0.1, 0.15) is 0 Å². The molecule has 2 rings (SSSR count). The van der Waals surface area contributed by atoms with E-state index in [0.29, 0.717) is 5.56 Å². The summed E-state index contributed by atoms with van der Waals surface area (Å²) in [6.07, 6.45) is 0. The van der Waals surface area contributed by atoms with Crippen molar-refractivity contribution in [3.8, 4) is 11.1 Å². The number of carbonyl (C=O) groups is 1. The van der Waals surface area contributed by atoms with Crippen LogP contribution in [0.2, 0.25) is 0 Å². The van der Waals surface area contributed by atoms with E-state index >= 15 is 0 Å². The molecule has 0 aliphatic carbocycles. The second kappa shape index (κ2) is 5.64. The van der Waals surface area contributed by atoms with Gasteiger partial charge in [-0.2, -0.15) is 0 Å². The number of hydrogen-bond donors (Lipinski definition) is 0. The van der Waals surface area contributed by atoms with Crippen LogP contribution in [-0.2, 0) is 13.8 Å². The summed E-state index contributed by atoms with van der Waals surface area (Å²) < 4.78 is 27.0. The molecule has 0 saturated carbocycles. The lowest BCUT2D eigenvalue weighted by atomic mass is 10.0. The fourth-order valence-electron chi connectivity index (χ4n) is 1.75. The van der Waals surface area contributed by atoms with Gasteiger partial charge in [-0.3, -0.25) is 0 Å². The lowest BCUT2D eigenvalue weighted by Gasteiger charge is -2.05. The molecule has 0 aliphatic heterocycles. The number of rotatable bonds is 3. The molecule has 104 valence electrons. The van der Waals surface area contributed by atoms with Crippen molar-refractivity contribution in [2.24, 2.45) is 0 Å². The van der Waals surface area contributed by atoms with Gasteiger partial charge in [0.25, 0.3) is 9.05 Å². The van der Waals surface area contributed by atoms with Crippen LogP contribution < -0.4 is 0 Å². The number of methoxy groups -OCH3 is 1. The first-order valence-electron chi connectivity index (χ1n) is 5.65. The minimum absolute atomic E-state index is 0.0343. The molecule has 20 heavy (non-hydrogen) atoms. The van der Waals surface area contributed by atoms with Crippen molar-refractivity contribution in [1.82, 2.24) is 0 Å². The average Bonchev–Trinajstić information content (AvgIpc) is 2.46. The molecule has 0 aliphatic rings. The number of esters is 1. The Morgan fingerprint density at radius 2 is 1.70 bits per heavy atom. The van der Waals surface area contributed by atoms with Gasteiger partial charge in [0, 0.05) is 10.7 Å². The van der Waals surface area contributed by atoms with Gasteiger partial charge in [0.15, 0.2) is 0 Å². The van der Waals surface area contributed by atoms with Gasteiger partial charge in [-0.25, -0.2) is 13.2 Å². The summed E-state index contributed by atoms with van der Waals surface area (Å²) in [5, 5.41) is 0. The van der Waals surface area contributed by atoms with Crippen molar-refractivity contribution < 1.29 is 17.9 Å². The third-order valence-electron chi connectivity index (χ3n) is 2.75. The Labute approximate surface area is 121 Å². The minimum atomic E-state index is -3.73. The molecule has 0 saturated heterocycles. The quantitative estimate of drug-likeness (QED) is 0.645. The van der Waals surface area contributed by atoms with Gasteiger partial charge in [0.2, 0.25) is 0 Å². The first-order chi connectivity index (χ1) is 9.41. The van der Waals surface area contributed by atoms with Crippen LogP contribution in [0.1, 0.15) is 10.4 Å². The van der Waals surface area contributed by atoms with Gasteiger partial charge in [0.05, 0.1) is 17.6 Å². The molecule has 0 spiro atoms. The summed E-state index contributed by atoms with van der Waals surface area (Å²) in [6, 6.07) is 13.0. The molecule has 2 aromatic carbocycles. The highest BCUT2D eigenvalue weighted by Gasteiger charge is 2.10. The van der Waals surface area contributed by atoms with E-state index in [9.17, 15) is 13.2 Å². The molecule has 6 heteroatoms. The standard InChI is InChI=1S/C14H11ClO4S/c1-19-14(16)12-4-2-3-11(9-12)10-5-7-13(8-6-10)20(15,17)18/h2-9H,1H3.